The monoisotopic (exact) mass is 249 g/mol. The second-order valence-electron chi connectivity index (χ2n) is 3.77. The van der Waals surface area contributed by atoms with Crippen molar-refractivity contribution in [2.75, 3.05) is 6.61 Å². The highest BCUT2D eigenvalue weighted by Crippen LogP contribution is 2.13. The zero-order valence-corrected chi connectivity index (χ0v) is 9.82. The largest absolute Gasteiger partial charge is 0.485 e. The van der Waals surface area contributed by atoms with Gasteiger partial charge in [-0.1, -0.05) is 23.4 Å². The Morgan fingerprint density at radius 2 is 2.11 bits per heavy atom. The molecule has 0 saturated carbocycles. The summed E-state index contributed by atoms with van der Waals surface area (Å²) in [7, 11) is 0. The lowest BCUT2D eigenvalue weighted by atomic mass is 10.2. The molecule has 6 heteroatoms. The van der Waals surface area contributed by atoms with Gasteiger partial charge in [0.15, 0.2) is 6.61 Å². The molecule has 0 fully saturated rings. The molecule has 1 aromatic heterocycles. The van der Waals surface area contributed by atoms with Crippen molar-refractivity contribution in [3.8, 4) is 5.75 Å². The van der Waals surface area contributed by atoms with Gasteiger partial charge in [0.25, 0.3) is 0 Å². The molecule has 0 aliphatic heterocycles. The number of rotatable bonds is 6. The number of aliphatic hydroxyl groups is 1. The molecule has 6 nitrogen and oxygen atoms in total. The molecular formula is C12H15N3O3. The molecule has 3 N–H and O–H groups in total. The first-order chi connectivity index (χ1) is 8.79. The number of ether oxygens (including phenoxy) is 1. The third-order valence-corrected chi connectivity index (χ3v) is 2.35. The van der Waals surface area contributed by atoms with Gasteiger partial charge in [0, 0.05) is 6.61 Å². The van der Waals surface area contributed by atoms with Crippen LogP contribution in [0, 0.1) is 0 Å². The average molecular weight is 249 g/mol. The van der Waals surface area contributed by atoms with Gasteiger partial charge in [-0.3, -0.25) is 0 Å². The fraction of sp³-hybridized carbons (Fsp3) is 0.333. The summed E-state index contributed by atoms with van der Waals surface area (Å²) in [6.45, 7) is 0.207. The molecule has 2 aromatic rings. The number of hydrogen-bond acceptors (Lipinski definition) is 6. The molecule has 1 atom stereocenters. The summed E-state index contributed by atoms with van der Waals surface area (Å²) in [6.07, 6.45) is 0.390. The molecule has 1 aromatic carbocycles. The minimum Gasteiger partial charge on any atom is -0.485 e. The molecule has 0 saturated heterocycles. The van der Waals surface area contributed by atoms with Crippen LogP contribution in [0.5, 0.6) is 5.75 Å². The van der Waals surface area contributed by atoms with Crippen molar-refractivity contribution in [2.45, 2.75) is 19.1 Å². The van der Waals surface area contributed by atoms with Crippen molar-refractivity contribution in [1.29, 1.82) is 0 Å². The highest BCUT2D eigenvalue weighted by Gasteiger charge is 2.14. The van der Waals surface area contributed by atoms with E-state index in [1.54, 1.807) is 0 Å². The molecule has 0 amide bonds. The van der Waals surface area contributed by atoms with Crippen molar-refractivity contribution < 1.29 is 14.4 Å². The van der Waals surface area contributed by atoms with Crippen LogP contribution in [-0.4, -0.2) is 21.9 Å². The second-order valence-corrected chi connectivity index (χ2v) is 3.77. The van der Waals surface area contributed by atoms with E-state index in [9.17, 15) is 0 Å². The number of hydrogen-bond donors (Lipinski definition) is 2. The maximum Gasteiger partial charge on any atom is 0.243 e. The minimum atomic E-state index is -0.437. The molecule has 0 spiro atoms. The summed E-state index contributed by atoms with van der Waals surface area (Å²) in [5.74, 6) is 1.49. The smallest absolute Gasteiger partial charge is 0.243 e. The fourth-order valence-corrected chi connectivity index (χ4v) is 1.40. The van der Waals surface area contributed by atoms with Gasteiger partial charge >= 0.3 is 0 Å². The lowest BCUT2D eigenvalue weighted by molar-refractivity contribution is 0.257. The van der Waals surface area contributed by atoms with E-state index in [2.05, 4.69) is 10.1 Å². The third-order valence-electron chi connectivity index (χ3n) is 2.35. The van der Waals surface area contributed by atoms with Gasteiger partial charge in [-0.25, -0.2) is 0 Å². The topological polar surface area (TPSA) is 94.4 Å². The fourth-order valence-electron chi connectivity index (χ4n) is 1.40. The van der Waals surface area contributed by atoms with Gasteiger partial charge in [-0.15, -0.1) is 0 Å². The lowest BCUT2D eigenvalue weighted by Gasteiger charge is -2.02. The van der Waals surface area contributed by atoms with E-state index in [4.69, 9.17) is 20.1 Å². The Morgan fingerprint density at radius 3 is 2.83 bits per heavy atom. The van der Waals surface area contributed by atoms with Crippen LogP contribution in [-0.2, 0) is 6.61 Å². The number of nitrogens with two attached hydrogens (primary N) is 1. The Bertz CT molecular complexity index is 472. The normalized spacial score (nSPS) is 12.3. The Balaban J connectivity index is 1.91. The van der Waals surface area contributed by atoms with Crippen LogP contribution in [0.1, 0.15) is 24.2 Å². The van der Waals surface area contributed by atoms with Crippen LogP contribution in [0.3, 0.4) is 0 Å². The Hall–Kier alpha value is -1.92. The predicted octanol–water partition coefficient (Wildman–Crippen LogP) is 1.03. The summed E-state index contributed by atoms with van der Waals surface area (Å²) < 4.78 is 10.5. The number of para-hydroxylation sites is 1. The number of nitrogens with zero attached hydrogens (tertiary/aromatic N) is 2. The zero-order valence-electron chi connectivity index (χ0n) is 9.82. The first kappa shape index (κ1) is 12.5. The predicted molar refractivity (Wildman–Crippen MR) is 63.7 cm³/mol. The highest BCUT2D eigenvalue weighted by molar-refractivity contribution is 5.20. The van der Waals surface area contributed by atoms with Crippen LogP contribution in [0.15, 0.2) is 34.9 Å². The molecule has 0 aliphatic carbocycles. The van der Waals surface area contributed by atoms with E-state index in [-0.39, 0.29) is 13.2 Å². The van der Waals surface area contributed by atoms with Crippen molar-refractivity contribution >= 4 is 0 Å². The molecule has 0 radical (unpaired) electrons. The maximum absolute atomic E-state index is 8.76. The first-order valence-electron chi connectivity index (χ1n) is 5.66. The van der Waals surface area contributed by atoms with Crippen LogP contribution in [0.2, 0.25) is 0 Å². The van der Waals surface area contributed by atoms with Gasteiger partial charge in [-0.05, 0) is 18.6 Å². The van der Waals surface area contributed by atoms with Crippen LogP contribution >= 0.6 is 0 Å². The first-order valence-corrected chi connectivity index (χ1v) is 5.66. The summed E-state index contributed by atoms with van der Waals surface area (Å²) in [6, 6.07) is 8.93. The number of aromatic nitrogens is 2. The summed E-state index contributed by atoms with van der Waals surface area (Å²) in [5.41, 5.74) is 5.73. The van der Waals surface area contributed by atoms with E-state index < -0.39 is 6.04 Å². The van der Waals surface area contributed by atoms with Crippen molar-refractivity contribution in [3.05, 3.63) is 42.0 Å². The van der Waals surface area contributed by atoms with Crippen LogP contribution in [0.25, 0.3) is 0 Å². The van der Waals surface area contributed by atoms with Gasteiger partial charge in [0.05, 0.1) is 6.04 Å². The molecule has 18 heavy (non-hydrogen) atoms. The Morgan fingerprint density at radius 1 is 1.33 bits per heavy atom. The minimum absolute atomic E-state index is 0.0145. The molecular weight excluding hydrogens is 234 g/mol. The molecule has 2 rings (SSSR count). The van der Waals surface area contributed by atoms with Gasteiger partial charge in [-0.2, -0.15) is 4.98 Å². The van der Waals surface area contributed by atoms with Gasteiger partial charge in [0.2, 0.25) is 11.7 Å². The molecule has 96 valence electrons. The van der Waals surface area contributed by atoms with Crippen LogP contribution < -0.4 is 10.5 Å². The summed E-state index contributed by atoms with van der Waals surface area (Å²) in [4.78, 5) is 4.10. The van der Waals surface area contributed by atoms with E-state index in [0.717, 1.165) is 5.75 Å². The van der Waals surface area contributed by atoms with Crippen molar-refractivity contribution in [2.24, 2.45) is 5.73 Å². The number of benzene rings is 1. The Kier molecular flexibility index (Phi) is 4.27. The van der Waals surface area contributed by atoms with Gasteiger partial charge < -0.3 is 20.1 Å². The van der Waals surface area contributed by atoms with Crippen LogP contribution in [0.4, 0.5) is 0 Å². The molecule has 0 bridgehead atoms. The van der Waals surface area contributed by atoms with Crippen molar-refractivity contribution in [3.63, 3.8) is 0 Å². The lowest BCUT2D eigenvalue weighted by Crippen LogP contribution is -2.12. The molecule has 1 heterocycles. The quantitative estimate of drug-likeness (QED) is 0.794. The second kappa shape index (κ2) is 6.13. The van der Waals surface area contributed by atoms with Crippen molar-refractivity contribution in [1.82, 2.24) is 10.1 Å². The summed E-state index contributed by atoms with van der Waals surface area (Å²) in [5, 5.41) is 12.5. The molecule has 0 aliphatic rings. The van der Waals surface area contributed by atoms with E-state index in [1.165, 1.54) is 0 Å². The average Bonchev–Trinajstić information content (AvgIpc) is 2.87. The van der Waals surface area contributed by atoms with E-state index >= 15 is 0 Å². The Labute approximate surface area is 104 Å². The summed E-state index contributed by atoms with van der Waals surface area (Å²) >= 11 is 0. The maximum atomic E-state index is 8.76. The zero-order chi connectivity index (χ0) is 12.8. The standard InChI is InChI=1S/C12H15N3O3/c13-10(6-7-16)12-14-11(15-18-12)8-17-9-4-2-1-3-5-9/h1-5,10,16H,6-8,13H2. The van der Waals surface area contributed by atoms with E-state index in [1.807, 2.05) is 30.3 Å². The molecule has 1 unspecified atom stereocenters. The van der Waals surface area contributed by atoms with Gasteiger partial charge in [0.1, 0.15) is 5.75 Å². The third kappa shape index (κ3) is 3.28. The van der Waals surface area contributed by atoms with E-state index in [0.29, 0.717) is 18.1 Å². The SMILES string of the molecule is NC(CCO)c1nc(COc2ccccc2)no1. The number of aliphatic hydroxyl groups excluding tert-OH is 1. The highest BCUT2D eigenvalue weighted by atomic mass is 16.5.